The van der Waals surface area contributed by atoms with Gasteiger partial charge in [0.2, 0.25) is 0 Å². The molecular weight excluding hydrogens is 256 g/mol. The summed E-state index contributed by atoms with van der Waals surface area (Å²) in [5, 5.41) is 9.02. The average molecular weight is 276 g/mol. The third-order valence-electron chi connectivity index (χ3n) is 3.68. The Morgan fingerprint density at radius 3 is 3.00 bits per heavy atom. The molecule has 0 spiro atoms. The van der Waals surface area contributed by atoms with E-state index in [-0.39, 0.29) is 6.61 Å². The van der Waals surface area contributed by atoms with Gasteiger partial charge in [-0.2, -0.15) is 4.98 Å². The Morgan fingerprint density at radius 1 is 1.25 bits per heavy atom. The number of aliphatic hydroxyl groups is 1. The summed E-state index contributed by atoms with van der Waals surface area (Å²) in [5.74, 6) is 0. The molecule has 0 saturated carbocycles. The van der Waals surface area contributed by atoms with Crippen molar-refractivity contribution in [3.8, 4) is 0 Å². The van der Waals surface area contributed by atoms with Gasteiger partial charge in [-0.05, 0) is 31.2 Å². The smallest absolute Gasteiger partial charge is 0.298 e. The standard InChI is InChI=1S/C14H20N4O2/c15-11-2-3-13-12(10-11)16-14(20-13)18-5-1-4-17(6-7-18)8-9-19/h2-3,10,19H,1,4-9,15H2. The van der Waals surface area contributed by atoms with Gasteiger partial charge in [-0.1, -0.05) is 0 Å². The molecule has 1 aromatic heterocycles. The van der Waals surface area contributed by atoms with E-state index >= 15 is 0 Å². The number of nitrogens with zero attached hydrogens (tertiary/aromatic N) is 3. The van der Waals surface area contributed by atoms with E-state index in [1.54, 1.807) is 0 Å². The number of β-amino-alcohol motifs (C(OH)–C–C–N with tert-alkyl or cyclic N) is 1. The van der Waals surface area contributed by atoms with Crippen LogP contribution < -0.4 is 10.6 Å². The molecule has 0 amide bonds. The number of nitrogen functional groups attached to an aromatic ring is 1. The fourth-order valence-corrected chi connectivity index (χ4v) is 2.59. The van der Waals surface area contributed by atoms with E-state index < -0.39 is 0 Å². The highest BCUT2D eigenvalue weighted by molar-refractivity contribution is 5.78. The van der Waals surface area contributed by atoms with E-state index in [4.69, 9.17) is 15.3 Å². The summed E-state index contributed by atoms with van der Waals surface area (Å²) < 4.78 is 5.80. The van der Waals surface area contributed by atoms with Crippen molar-refractivity contribution in [3.05, 3.63) is 18.2 Å². The Balaban J connectivity index is 1.77. The number of nitrogens with two attached hydrogens (primary N) is 1. The molecule has 0 bridgehead atoms. The molecule has 6 nitrogen and oxygen atoms in total. The summed E-state index contributed by atoms with van der Waals surface area (Å²) in [6.07, 6.45) is 1.04. The Labute approximate surface area is 117 Å². The van der Waals surface area contributed by atoms with E-state index in [2.05, 4.69) is 14.8 Å². The molecule has 3 rings (SSSR count). The summed E-state index contributed by atoms with van der Waals surface area (Å²) in [6, 6.07) is 6.18. The maximum absolute atomic E-state index is 9.02. The van der Waals surface area contributed by atoms with Crippen LogP contribution in [0.4, 0.5) is 11.7 Å². The fraction of sp³-hybridized carbons (Fsp3) is 0.500. The van der Waals surface area contributed by atoms with Gasteiger partial charge in [0.15, 0.2) is 5.58 Å². The molecule has 1 aliphatic rings. The number of fused-ring (bicyclic) bond motifs is 1. The lowest BCUT2D eigenvalue weighted by atomic mass is 10.3. The van der Waals surface area contributed by atoms with Crippen LogP contribution in [-0.4, -0.2) is 54.3 Å². The zero-order chi connectivity index (χ0) is 13.9. The second-order valence-electron chi connectivity index (χ2n) is 5.13. The number of anilines is 2. The summed E-state index contributed by atoms with van der Waals surface area (Å²) in [4.78, 5) is 8.95. The third kappa shape index (κ3) is 2.71. The molecule has 0 aliphatic carbocycles. The lowest BCUT2D eigenvalue weighted by molar-refractivity contribution is 0.204. The molecule has 0 unspecified atom stereocenters. The van der Waals surface area contributed by atoms with Crippen LogP contribution in [0.5, 0.6) is 0 Å². The van der Waals surface area contributed by atoms with Gasteiger partial charge in [-0.25, -0.2) is 0 Å². The predicted octanol–water partition coefficient (Wildman–Crippen LogP) is 0.914. The number of benzene rings is 1. The molecular formula is C14H20N4O2. The van der Waals surface area contributed by atoms with E-state index in [1.165, 1.54) is 0 Å². The first kappa shape index (κ1) is 13.2. The van der Waals surface area contributed by atoms with Crippen LogP contribution in [0.1, 0.15) is 6.42 Å². The topological polar surface area (TPSA) is 78.8 Å². The molecule has 0 atom stereocenters. The van der Waals surface area contributed by atoms with Crippen LogP contribution in [-0.2, 0) is 0 Å². The van der Waals surface area contributed by atoms with Crippen LogP contribution in [0, 0.1) is 0 Å². The van der Waals surface area contributed by atoms with E-state index in [0.717, 1.165) is 50.2 Å². The highest BCUT2D eigenvalue weighted by atomic mass is 16.4. The van der Waals surface area contributed by atoms with Crippen molar-refractivity contribution in [1.82, 2.24) is 9.88 Å². The second-order valence-corrected chi connectivity index (χ2v) is 5.13. The molecule has 1 fully saturated rings. The molecule has 1 saturated heterocycles. The van der Waals surface area contributed by atoms with Gasteiger partial charge in [0, 0.05) is 31.9 Å². The number of aromatic nitrogens is 1. The fourth-order valence-electron chi connectivity index (χ4n) is 2.59. The van der Waals surface area contributed by atoms with Crippen LogP contribution in [0.2, 0.25) is 0 Å². The van der Waals surface area contributed by atoms with Crippen molar-refractivity contribution in [1.29, 1.82) is 0 Å². The largest absolute Gasteiger partial charge is 0.423 e. The first-order valence-electron chi connectivity index (χ1n) is 7.00. The molecule has 1 aliphatic heterocycles. The van der Waals surface area contributed by atoms with Crippen LogP contribution >= 0.6 is 0 Å². The van der Waals surface area contributed by atoms with Gasteiger partial charge in [0.1, 0.15) is 5.52 Å². The van der Waals surface area contributed by atoms with Gasteiger partial charge in [0.05, 0.1) is 6.61 Å². The Hall–Kier alpha value is -1.79. The number of oxazole rings is 1. The van der Waals surface area contributed by atoms with E-state index in [1.807, 2.05) is 18.2 Å². The second kappa shape index (κ2) is 5.68. The molecule has 108 valence electrons. The van der Waals surface area contributed by atoms with Crippen molar-refractivity contribution < 1.29 is 9.52 Å². The van der Waals surface area contributed by atoms with E-state index in [0.29, 0.717) is 11.7 Å². The first-order chi connectivity index (χ1) is 9.76. The Bertz CT molecular complexity index is 584. The zero-order valence-electron chi connectivity index (χ0n) is 11.5. The summed E-state index contributed by atoms with van der Waals surface area (Å²) in [6.45, 7) is 4.65. The van der Waals surface area contributed by atoms with Gasteiger partial charge in [-0.15, -0.1) is 0 Å². The molecule has 1 aromatic carbocycles. The minimum atomic E-state index is 0.210. The SMILES string of the molecule is Nc1ccc2oc(N3CCCN(CCO)CC3)nc2c1. The normalized spacial score (nSPS) is 17.6. The summed E-state index contributed by atoms with van der Waals surface area (Å²) in [5.41, 5.74) is 8.03. The Morgan fingerprint density at radius 2 is 2.15 bits per heavy atom. The lowest BCUT2D eigenvalue weighted by Gasteiger charge is -2.19. The average Bonchev–Trinajstić information content (AvgIpc) is 2.70. The highest BCUT2D eigenvalue weighted by Gasteiger charge is 2.18. The third-order valence-corrected chi connectivity index (χ3v) is 3.68. The maximum atomic E-state index is 9.02. The van der Waals surface area contributed by atoms with Crippen LogP contribution in [0.25, 0.3) is 11.1 Å². The van der Waals surface area contributed by atoms with Crippen molar-refractivity contribution in [2.24, 2.45) is 0 Å². The van der Waals surface area contributed by atoms with Gasteiger partial charge >= 0.3 is 0 Å². The van der Waals surface area contributed by atoms with Crippen molar-refractivity contribution in [3.63, 3.8) is 0 Å². The Kier molecular flexibility index (Phi) is 3.75. The quantitative estimate of drug-likeness (QED) is 0.811. The highest BCUT2D eigenvalue weighted by Crippen LogP contribution is 2.24. The van der Waals surface area contributed by atoms with Gasteiger partial charge in [0.25, 0.3) is 6.01 Å². The molecule has 20 heavy (non-hydrogen) atoms. The molecule has 0 radical (unpaired) electrons. The number of rotatable bonds is 3. The molecule has 2 aromatic rings. The summed E-state index contributed by atoms with van der Waals surface area (Å²) >= 11 is 0. The maximum Gasteiger partial charge on any atom is 0.298 e. The zero-order valence-corrected chi connectivity index (χ0v) is 11.5. The van der Waals surface area contributed by atoms with Crippen molar-refractivity contribution in [2.75, 3.05) is 50.0 Å². The summed E-state index contributed by atoms with van der Waals surface area (Å²) in [7, 11) is 0. The molecule has 6 heteroatoms. The minimum absolute atomic E-state index is 0.210. The lowest BCUT2D eigenvalue weighted by Crippen LogP contribution is -2.32. The molecule has 2 heterocycles. The van der Waals surface area contributed by atoms with E-state index in [9.17, 15) is 0 Å². The monoisotopic (exact) mass is 276 g/mol. The minimum Gasteiger partial charge on any atom is -0.423 e. The molecule has 3 N–H and O–H groups in total. The number of hydrogen-bond acceptors (Lipinski definition) is 6. The number of hydrogen-bond donors (Lipinski definition) is 2. The van der Waals surface area contributed by atoms with Crippen molar-refractivity contribution >= 4 is 22.8 Å². The van der Waals surface area contributed by atoms with Crippen LogP contribution in [0.3, 0.4) is 0 Å². The number of aliphatic hydroxyl groups excluding tert-OH is 1. The first-order valence-corrected chi connectivity index (χ1v) is 7.00. The van der Waals surface area contributed by atoms with Gasteiger partial charge < -0.3 is 20.2 Å². The van der Waals surface area contributed by atoms with Gasteiger partial charge in [-0.3, -0.25) is 4.90 Å². The van der Waals surface area contributed by atoms with Crippen LogP contribution in [0.15, 0.2) is 22.6 Å². The van der Waals surface area contributed by atoms with Crippen molar-refractivity contribution in [2.45, 2.75) is 6.42 Å². The predicted molar refractivity (Wildman–Crippen MR) is 78.8 cm³/mol.